The molecule has 0 aromatic carbocycles. The molecule has 1 aliphatic heterocycles. The number of amides is 1. The molecule has 1 unspecified atom stereocenters. The van der Waals surface area contributed by atoms with Crippen molar-refractivity contribution in [1.82, 2.24) is 15.2 Å². The number of aliphatic hydroxyl groups is 1. The minimum Gasteiger partial charge on any atom is -0.395 e. The van der Waals surface area contributed by atoms with Crippen molar-refractivity contribution in [3.05, 3.63) is 16.1 Å². The van der Waals surface area contributed by atoms with Crippen LogP contribution in [0, 0.1) is 6.92 Å². The molecule has 1 amide bonds. The van der Waals surface area contributed by atoms with Crippen molar-refractivity contribution in [1.29, 1.82) is 0 Å². The number of thiazole rings is 1. The Bertz CT molecular complexity index is 436. The third-order valence-electron chi connectivity index (χ3n) is 3.69. The molecule has 1 aliphatic rings. The molecule has 112 valence electrons. The van der Waals surface area contributed by atoms with E-state index in [0.29, 0.717) is 13.0 Å². The van der Waals surface area contributed by atoms with Gasteiger partial charge in [0.05, 0.1) is 23.7 Å². The van der Waals surface area contributed by atoms with Gasteiger partial charge in [-0.05, 0) is 26.3 Å². The lowest BCUT2D eigenvalue weighted by molar-refractivity contribution is -0.120. The van der Waals surface area contributed by atoms with Crippen LogP contribution in [0.3, 0.4) is 0 Å². The van der Waals surface area contributed by atoms with Crippen LogP contribution in [0.5, 0.6) is 0 Å². The number of aliphatic hydroxyl groups excluding tert-OH is 1. The van der Waals surface area contributed by atoms with E-state index in [1.165, 1.54) is 12.8 Å². The number of carbonyl (C=O) groups is 1. The van der Waals surface area contributed by atoms with Crippen LogP contribution in [0.15, 0.2) is 5.38 Å². The van der Waals surface area contributed by atoms with Gasteiger partial charge in [-0.1, -0.05) is 6.42 Å². The van der Waals surface area contributed by atoms with Gasteiger partial charge in [0.1, 0.15) is 0 Å². The average Bonchev–Trinajstić information content (AvgIpc) is 2.84. The highest BCUT2D eigenvalue weighted by Crippen LogP contribution is 2.15. The van der Waals surface area contributed by atoms with Gasteiger partial charge in [-0.25, -0.2) is 4.98 Å². The summed E-state index contributed by atoms with van der Waals surface area (Å²) in [6, 6.07) is 0.266. The number of carbonyl (C=O) groups excluding carboxylic acids is 1. The lowest BCUT2D eigenvalue weighted by atomic mass is 10.0. The number of nitrogens with zero attached hydrogens (tertiary/aromatic N) is 2. The second-order valence-electron chi connectivity index (χ2n) is 5.25. The number of hydrogen-bond acceptors (Lipinski definition) is 5. The van der Waals surface area contributed by atoms with Crippen LogP contribution in [0.25, 0.3) is 0 Å². The van der Waals surface area contributed by atoms with E-state index in [1.807, 2.05) is 12.3 Å². The number of likely N-dealkylation sites (tertiary alicyclic amines) is 1. The zero-order chi connectivity index (χ0) is 14.4. The zero-order valence-corrected chi connectivity index (χ0v) is 12.8. The molecule has 0 saturated carbocycles. The Morgan fingerprint density at radius 1 is 1.60 bits per heavy atom. The van der Waals surface area contributed by atoms with E-state index in [4.69, 9.17) is 0 Å². The van der Waals surface area contributed by atoms with E-state index in [1.54, 1.807) is 11.3 Å². The van der Waals surface area contributed by atoms with Crippen molar-refractivity contribution >= 4 is 17.2 Å². The van der Waals surface area contributed by atoms with Gasteiger partial charge in [-0.2, -0.15) is 0 Å². The second kappa shape index (κ2) is 7.71. The first kappa shape index (κ1) is 15.4. The van der Waals surface area contributed by atoms with Crippen LogP contribution >= 0.6 is 11.3 Å². The van der Waals surface area contributed by atoms with Gasteiger partial charge >= 0.3 is 0 Å². The molecule has 1 fully saturated rings. The first-order valence-corrected chi connectivity index (χ1v) is 8.09. The second-order valence-corrected chi connectivity index (χ2v) is 6.31. The summed E-state index contributed by atoms with van der Waals surface area (Å²) >= 11 is 1.57. The molecule has 2 rings (SSSR count). The van der Waals surface area contributed by atoms with E-state index < -0.39 is 0 Å². The summed E-state index contributed by atoms with van der Waals surface area (Å²) in [6.07, 6.45) is 3.79. The van der Waals surface area contributed by atoms with E-state index in [9.17, 15) is 9.90 Å². The number of rotatable bonds is 6. The first-order chi connectivity index (χ1) is 9.69. The zero-order valence-electron chi connectivity index (χ0n) is 12.0. The number of hydrogen-bond donors (Lipinski definition) is 2. The quantitative estimate of drug-likeness (QED) is 0.821. The topological polar surface area (TPSA) is 65.5 Å². The number of aryl methyl sites for hydroxylation is 1. The monoisotopic (exact) mass is 297 g/mol. The van der Waals surface area contributed by atoms with Crippen LogP contribution in [0.4, 0.5) is 0 Å². The summed E-state index contributed by atoms with van der Waals surface area (Å²) in [5.41, 5.74) is 0.844. The fourth-order valence-electron chi connectivity index (χ4n) is 2.62. The summed E-state index contributed by atoms with van der Waals surface area (Å²) < 4.78 is 0. The summed E-state index contributed by atoms with van der Waals surface area (Å²) in [5.74, 6) is 0.0212. The first-order valence-electron chi connectivity index (χ1n) is 7.21. The van der Waals surface area contributed by atoms with Crippen molar-refractivity contribution in [2.45, 2.75) is 38.6 Å². The van der Waals surface area contributed by atoms with Gasteiger partial charge in [0.2, 0.25) is 5.91 Å². The summed E-state index contributed by atoms with van der Waals surface area (Å²) in [5, 5.41) is 15.2. The van der Waals surface area contributed by atoms with Crippen LogP contribution in [-0.2, 0) is 11.2 Å². The lowest BCUT2D eigenvalue weighted by Crippen LogP contribution is -2.45. The molecule has 0 radical (unpaired) electrons. The highest BCUT2D eigenvalue weighted by molar-refractivity contribution is 7.09. The van der Waals surface area contributed by atoms with E-state index in [2.05, 4.69) is 15.2 Å². The predicted octanol–water partition coefficient (Wildman–Crippen LogP) is 0.957. The normalized spacial score (nSPS) is 20.0. The van der Waals surface area contributed by atoms with Crippen molar-refractivity contribution in [3.8, 4) is 0 Å². The van der Waals surface area contributed by atoms with Crippen molar-refractivity contribution in [2.24, 2.45) is 0 Å². The number of piperidine rings is 1. The van der Waals surface area contributed by atoms with E-state index >= 15 is 0 Å². The molecule has 0 bridgehead atoms. The maximum absolute atomic E-state index is 11.8. The Balaban J connectivity index is 1.68. The Hall–Kier alpha value is -0.980. The highest BCUT2D eigenvalue weighted by atomic mass is 32.1. The number of nitrogens with one attached hydrogen (secondary N) is 1. The molecule has 1 aromatic heterocycles. The third kappa shape index (κ3) is 4.54. The number of aromatic nitrogens is 1. The van der Waals surface area contributed by atoms with Crippen LogP contribution in [0.2, 0.25) is 0 Å². The highest BCUT2D eigenvalue weighted by Gasteiger charge is 2.21. The molecule has 0 spiro atoms. The van der Waals surface area contributed by atoms with Gasteiger partial charge in [-0.3, -0.25) is 9.69 Å². The van der Waals surface area contributed by atoms with Gasteiger partial charge in [0.15, 0.2) is 0 Å². The molecular weight excluding hydrogens is 274 g/mol. The van der Waals surface area contributed by atoms with Gasteiger partial charge in [0, 0.05) is 24.5 Å². The predicted molar refractivity (Wildman–Crippen MR) is 79.9 cm³/mol. The SMILES string of the molecule is Cc1nc(CC(=O)NCCN2CCCCC2CO)cs1. The summed E-state index contributed by atoms with van der Waals surface area (Å²) in [7, 11) is 0. The lowest BCUT2D eigenvalue weighted by Gasteiger charge is -2.34. The molecule has 1 saturated heterocycles. The van der Waals surface area contributed by atoms with Gasteiger partial charge in [-0.15, -0.1) is 11.3 Å². The third-order valence-corrected chi connectivity index (χ3v) is 4.51. The Morgan fingerprint density at radius 3 is 3.15 bits per heavy atom. The molecular formula is C14H23N3O2S. The maximum Gasteiger partial charge on any atom is 0.226 e. The largest absolute Gasteiger partial charge is 0.395 e. The average molecular weight is 297 g/mol. The van der Waals surface area contributed by atoms with Crippen molar-refractivity contribution in [3.63, 3.8) is 0 Å². The molecule has 0 aliphatic carbocycles. The molecule has 20 heavy (non-hydrogen) atoms. The Labute approximate surface area is 124 Å². The van der Waals surface area contributed by atoms with Crippen LogP contribution in [0.1, 0.15) is 30.0 Å². The van der Waals surface area contributed by atoms with E-state index in [-0.39, 0.29) is 18.6 Å². The minimum absolute atomic E-state index is 0.0212. The van der Waals surface area contributed by atoms with Crippen LogP contribution in [-0.4, -0.2) is 53.2 Å². The Morgan fingerprint density at radius 2 is 2.45 bits per heavy atom. The maximum atomic E-state index is 11.8. The fraction of sp³-hybridized carbons (Fsp3) is 0.714. The smallest absolute Gasteiger partial charge is 0.226 e. The molecule has 5 nitrogen and oxygen atoms in total. The molecule has 1 atom stereocenters. The van der Waals surface area contributed by atoms with Gasteiger partial charge in [0.25, 0.3) is 0 Å². The Kier molecular flexibility index (Phi) is 5.94. The fourth-order valence-corrected chi connectivity index (χ4v) is 3.23. The molecule has 2 N–H and O–H groups in total. The molecule has 2 heterocycles. The summed E-state index contributed by atoms with van der Waals surface area (Å²) in [4.78, 5) is 18.4. The van der Waals surface area contributed by atoms with E-state index in [0.717, 1.165) is 30.2 Å². The molecule has 6 heteroatoms. The summed E-state index contributed by atoms with van der Waals surface area (Å²) in [6.45, 7) is 4.63. The van der Waals surface area contributed by atoms with Crippen molar-refractivity contribution in [2.75, 3.05) is 26.2 Å². The molecule has 1 aromatic rings. The van der Waals surface area contributed by atoms with Crippen molar-refractivity contribution < 1.29 is 9.90 Å². The minimum atomic E-state index is 0.0212. The standard InChI is InChI=1S/C14H23N3O2S/c1-11-16-12(10-20-11)8-14(19)15-5-7-17-6-3-2-4-13(17)9-18/h10,13,18H,2-9H2,1H3,(H,15,19). The van der Waals surface area contributed by atoms with Gasteiger partial charge < -0.3 is 10.4 Å². The van der Waals surface area contributed by atoms with Crippen LogP contribution < -0.4 is 5.32 Å².